The molecule has 0 aliphatic rings. The number of anilines is 2. The number of halogens is 3. The maximum absolute atomic E-state index is 13.7. The first-order chi connectivity index (χ1) is 9.55. The molecule has 2 aromatic rings. The van der Waals surface area contributed by atoms with Gasteiger partial charge in [0.1, 0.15) is 11.4 Å². The number of nitrogens with one attached hydrogen (secondary N) is 1. The van der Waals surface area contributed by atoms with Gasteiger partial charge in [-0.1, -0.05) is 0 Å². The minimum Gasteiger partial charge on any atom is -0.496 e. The second-order valence-electron chi connectivity index (χ2n) is 3.90. The van der Waals surface area contributed by atoms with Crippen LogP contribution in [-0.2, 0) is 0 Å². The van der Waals surface area contributed by atoms with Crippen molar-refractivity contribution < 1.29 is 13.5 Å². The average Bonchev–Trinajstić information content (AvgIpc) is 2.42. The predicted molar refractivity (Wildman–Crippen MR) is 75.0 cm³/mol. The van der Waals surface area contributed by atoms with Crippen LogP contribution in [0.25, 0.3) is 0 Å². The van der Waals surface area contributed by atoms with Gasteiger partial charge in [0.15, 0.2) is 11.6 Å². The van der Waals surface area contributed by atoms with Crippen LogP contribution < -0.4 is 10.1 Å². The third-order valence-electron chi connectivity index (χ3n) is 2.59. The number of hydrogen-bond acceptors (Lipinski definition) is 3. The lowest BCUT2D eigenvalue weighted by molar-refractivity contribution is 0.412. The molecule has 20 heavy (non-hydrogen) atoms. The van der Waals surface area contributed by atoms with Crippen molar-refractivity contribution in [3.63, 3.8) is 0 Å². The molecule has 0 heterocycles. The maximum Gasteiger partial charge on any atom is 0.150 e. The Labute approximate surface area is 122 Å². The van der Waals surface area contributed by atoms with Gasteiger partial charge in [-0.3, -0.25) is 0 Å². The largest absolute Gasteiger partial charge is 0.496 e. The summed E-state index contributed by atoms with van der Waals surface area (Å²) in [7, 11) is 1.52. The molecule has 0 fully saturated rings. The SMILES string of the molecule is COc1ccc(Nc2c(F)cc(C#N)cc2F)cc1Br. The lowest BCUT2D eigenvalue weighted by Crippen LogP contribution is -1.99. The molecule has 2 aromatic carbocycles. The van der Waals surface area contributed by atoms with Crippen LogP contribution in [0.5, 0.6) is 5.75 Å². The van der Waals surface area contributed by atoms with Crippen LogP contribution in [0.3, 0.4) is 0 Å². The van der Waals surface area contributed by atoms with Gasteiger partial charge in [-0.2, -0.15) is 5.26 Å². The smallest absolute Gasteiger partial charge is 0.150 e. The summed E-state index contributed by atoms with van der Waals surface area (Å²) in [5, 5.41) is 11.3. The van der Waals surface area contributed by atoms with Crippen molar-refractivity contribution >= 4 is 27.3 Å². The van der Waals surface area contributed by atoms with Crippen LogP contribution in [0.4, 0.5) is 20.2 Å². The zero-order chi connectivity index (χ0) is 14.7. The number of ether oxygens (including phenoxy) is 1. The molecule has 1 N–H and O–H groups in total. The lowest BCUT2D eigenvalue weighted by atomic mass is 10.2. The van der Waals surface area contributed by atoms with E-state index in [1.54, 1.807) is 24.3 Å². The summed E-state index contributed by atoms with van der Waals surface area (Å²) in [4.78, 5) is 0. The van der Waals surface area contributed by atoms with Gasteiger partial charge in [0.2, 0.25) is 0 Å². The van der Waals surface area contributed by atoms with Crippen molar-refractivity contribution in [2.24, 2.45) is 0 Å². The molecule has 6 heteroatoms. The molecule has 0 atom stereocenters. The monoisotopic (exact) mass is 338 g/mol. The molecule has 0 radical (unpaired) electrons. The van der Waals surface area contributed by atoms with E-state index in [0.29, 0.717) is 15.9 Å². The van der Waals surface area contributed by atoms with Crippen molar-refractivity contribution in [2.75, 3.05) is 12.4 Å². The Morgan fingerprint density at radius 2 is 1.85 bits per heavy atom. The van der Waals surface area contributed by atoms with Crippen molar-refractivity contribution in [1.82, 2.24) is 0 Å². The minimum atomic E-state index is -0.825. The number of methoxy groups -OCH3 is 1. The highest BCUT2D eigenvalue weighted by atomic mass is 79.9. The topological polar surface area (TPSA) is 45.0 Å². The van der Waals surface area contributed by atoms with Gasteiger partial charge >= 0.3 is 0 Å². The second-order valence-corrected chi connectivity index (χ2v) is 4.76. The highest BCUT2D eigenvalue weighted by molar-refractivity contribution is 9.10. The zero-order valence-electron chi connectivity index (χ0n) is 10.4. The third-order valence-corrected chi connectivity index (χ3v) is 3.21. The Morgan fingerprint density at radius 3 is 2.35 bits per heavy atom. The predicted octanol–water partition coefficient (Wildman–Crippen LogP) is 4.35. The zero-order valence-corrected chi connectivity index (χ0v) is 12.0. The molecule has 0 saturated carbocycles. The van der Waals surface area contributed by atoms with E-state index >= 15 is 0 Å². The standard InChI is InChI=1S/C14H9BrF2N2O/c1-20-13-3-2-9(6-10(13)15)19-14-11(16)4-8(7-18)5-12(14)17/h2-6,19H,1H3. The summed E-state index contributed by atoms with van der Waals surface area (Å²) in [6, 6.07) is 8.56. The fourth-order valence-electron chi connectivity index (χ4n) is 1.65. The molecule has 0 amide bonds. The van der Waals surface area contributed by atoms with Crippen LogP contribution in [0.2, 0.25) is 0 Å². The molecule has 0 aliphatic carbocycles. The Morgan fingerprint density at radius 1 is 1.20 bits per heavy atom. The highest BCUT2D eigenvalue weighted by Crippen LogP contribution is 2.31. The van der Waals surface area contributed by atoms with Crippen LogP contribution in [0.15, 0.2) is 34.8 Å². The number of rotatable bonds is 3. The number of hydrogen-bond donors (Lipinski definition) is 1. The number of nitriles is 1. The summed E-state index contributed by atoms with van der Waals surface area (Å²) in [6.07, 6.45) is 0. The van der Waals surface area contributed by atoms with Gasteiger partial charge in [-0.15, -0.1) is 0 Å². The van der Waals surface area contributed by atoms with E-state index in [2.05, 4.69) is 21.2 Å². The molecule has 0 spiro atoms. The molecule has 102 valence electrons. The van der Waals surface area contributed by atoms with Gasteiger partial charge in [0.25, 0.3) is 0 Å². The Bertz CT molecular complexity index is 675. The summed E-state index contributed by atoms with van der Waals surface area (Å²) >= 11 is 3.28. The van der Waals surface area contributed by atoms with Gasteiger partial charge in [0.05, 0.1) is 23.2 Å². The van der Waals surface area contributed by atoms with E-state index in [0.717, 1.165) is 12.1 Å². The summed E-state index contributed by atoms with van der Waals surface area (Å²) in [5.74, 6) is -1.04. The molecule has 0 aliphatic heterocycles. The van der Waals surface area contributed by atoms with Gasteiger partial charge < -0.3 is 10.1 Å². The quantitative estimate of drug-likeness (QED) is 0.904. The van der Waals surface area contributed by atoms with Crippen LogP contribution in [0.1, 0.15) is 5.56 Å². The normalized spacial score (nSPS) is 9.95. The van der Waals surface area contributed by atoms with E-state index in [-0.39, 0.29) is 11.3 Å². The van der Waals surface area contributed by atoms with E-state index in [4.69, 9.17) is 10.00 Å². The molecule has 0 bridgehead atoms. The molecular formula is C14H9BrF2N2O. The lowest BCUT2D eigenvalue weighted by Gasteiger charge is -2.11. The van der Waals surface area contributed by atoms with Crippen LogP contribution in [-0.4, -0.2) is 7.11 Å². The Kier molecular flexibility index (Phi) is 4.20. The summed E-state index contributed by atoms with van der Waals surface area (Å²) in [6.45, 7) is 0. The van der Waals surface area contributed by atoms with Crippen molar-refractivity contribution in [3.05, 3.63) is 52.0 Å². The van der Waals surface area contributed by atoms with Gasteiger partial charge in [-0.25, -0.2) is 8.78 Å². The minimum absolute atomic E-state index is 0.0681. The molecule has 0 aromatic heterocycles. The molecule has 0 unspecified atom stereocenters. The molecule has 0 saturated heterocycles. The fourth-order valence-corrected chi connectivity index (χ4v) is 2.19. The maximum atomic E-state index is 13.7. The van der Waals surface area contributed by atoms with Crippen molar-refractivity contribution in [2.45, 2.75) is 0 Å². The first kappa shape index (κ1) is 14.3. The van der Waals surface area contributed by atoms with E-state index in [9.17, 15) is 8.78 Å². The van der Waals surface area contributed by atoms with Gasteiger partial charge in [-0.05, 0) is 46.3 Å². The highest BCUT2D eigenvalue weighted by Gasteiger charge is 2.12. The number of benzene rings is 2. The van der Waals surface area contributed by atoms with Gasteiger partial charge in [0, 0.05) is 5.69 Å². The third kappa shape index (κ3) is 2.89. The van der Waals surface area contributed by atoms with E-state index < -0.39 is 11.6 Å². The molecule has 3 nitrogen and oxygen atoms in total. The van der Waals surface area contributed by atoms with Crippen molar-refractivity contribution in [3.8, 4) is 11.8 Å². The first-order valence-corrected chi connectivity index (χ1v) is 6.34. The number of nitrogens with zero attached hydrogens (tertiary/aromatic N) is 1. The second kappa shape index (κ2) is 5.88. The van der Waals surface area contributed by atoms with Crippen molar-refractivity contribution in [1.29, 1.82) is 5.26 Å². The van der Waals surface area contributed by atoms with E-state index in [1.807, 2.05) is 0 Å². The summed E-state index contributed by atoms with van der Waals surface area (Å²) in [5.41, 5.74) is 0.114. The average molecular weight is 339 g/mol. The van der Waals surface area contributed by atoms with Crippen LogP contribution >= 0.6 is 15.9 Å². The van der Waals surface area contributed by atoms with E-state index in [1.165, 1.54) is 7.11 Å². The Hall–Kier alpha value is -2.13. The summed E-state index contributed by atoms with van der Waals surface area (Å²) < 4.78 is 33.2. The first-order valence-electron chi connectivity index (χ1n) is 5.55. The molecule has 2 rings (SSSR count). The fraction of sp³-hybridized carbons (Fsp3) is 0.0714. The Balaban J connectivity index is 2.35. The van der Waals surface area contributed by atoms with Crippen LogP contribution in [0, 0.1) is 23.0 Å². The molecular weight excluding hydrogens is 330 g/mol.